The van der Waals surface area contributed by atoms with Gasteiger partial charge in [0.05, 0.1) is 34.3 Å². The normalized spacial score (nSPS) is 21.1. The second-order valence-electron chi connectivity index (χ2n) is 16.6. The number of hydrogen-bond donors (Lipinski definition) is 3. The van der Waals surface area contributed by atoms with Gasteiger partial charge in [-0.15, -0.1) is 4.31 Å². The highest BCUT2D eigenvalue weighted by molar-refractivity contribution is 7.89. The van der Waals surface area contributed by atoms with Gasteiger partial charge in [0.25, 0.3) is 11.5 Å². The molecule has 2 saturated heterocycles. The van der Waals surface area contributed by atoms with Crippen LogP contribution in [0.1, 0.15) is 84.2 Å². The zero-order valence-electron chi connectivity index (χ0n) is 35.3. The minimum atomic E-state index is -1.38. The molecule has 330 valence electrons. The first-order chi connectivity index (χ1) is 29.8. The molecule has 4 aromatic rings. The van der Waals surface area contributed by atoms with Gasteiger partial charge in [0.2, 0.25) is 11.9 Å². The molecule has 1 aliphatic carbocycles. The van der Waals surface area contributed by atoms with Gasteiger partial charge < -0.3 is 34.9 Å². The number of aliphatic hydroxyl groups is 1. The van der Waals surface area contributed by atoms with E-state index >= 15 is 4.39 Å². The van der Waals surface area contributed by atoms with Crippen LogP contribution in [-0.2, 0) is 27.5 Å². The van der Waals surface area contributed by atoms with Gasteiger partial charge in [0, 0.05) is 95.6 Å². The van der Waals surface area contributed by atoms with Gasteiger partial charge >= 0.3 is 0 Å². The average Bonchev–Trinajstić information content (AvgIpc) is 3.63. The van der Waals surface area contributed by atoms with Gasteiger partial charge in [0.15, 0.2) is 11.2 Å². The number of pyridine rings is 1. The third-order valence-electron chi connectivity index (χ3n) is 12.5. The highest BCUT2D eigenvalue weighted by Crippen LogP contribution is 2.39. The molecular formula is C44H54FN9O7S. The monoisotopic (exact) mass is 871 g/mol. The van der Waals surface area contributed by atoms with E-state index in [9.17, 15) is 33.6 Å². The lowest BCUT2D eigenvalue weighted by molar-refractivity contribution is -0.125. The van der Waals surface area contributed by atoms with Crippen LogP contribution in [-0.4, -0.2) is 134 Å². The number of rotatable bonds is 15. The number of aromatic nitrogens is 3. The summed E-state index contributed by atoms with van der Waals surface area (Å²) in [4.78, 5) is 77.2. The molecule has 1 saturated carbocycles. The molecule has 7 rings (SSSR count). The van der Waals surface area contributed by atoms with E-state index in [2.05, 4.69) is 20.5 Å². The fourth-order valence-electron chi connectivity index (χ4n) is 8.93. The Labute approximate surface area is 362 Å². The molecule has 0 spiro atoms. The minimum Gasteiger partial charge on any atom is -0.593 e. The van der Waals surface area contributed by atoms with Crippen LogP contribution < -0.4 is 21.1 Å². The molecule has 4 atom stereocenters. The zero-order valence-corrected chi connectivity index (χ0v) is 36.1. The number of carbonyl (C=O) groups is 4. The average molecular weight is 872 g/mol. The van der Waals surface area contributed by atoms with Crippen molar-refractivity contribution < 1.29 is 33.2 Å². The number of fused-ring (bicyclic) bond motifs is 1. The summed E-state index contributed by atoms with van der Waals surface area (Å²) in [5.41, 5.74) is 0.334. The first-order valence-corrected chi connectivity index (χ1v) is 22.2. The maximum absolute atomic E-state index is 15.7. The first kappa shape index (κ1) is 44.8. The number of aldehydes is 2. The summed E-state index contributed by atoms with van der Waals surface area (Å²) in [6.45, 7) is 5.67. The summed E-state index contributed by atoms with van der Waals surface area (Å²) in [6, 6.07) is 12.1. The van der Waals surface area contributed by atoms with Gasteiger partial charge in [0.1, 0.15) is 23.8 Å². The number of nitrogens with zero attached hydrogens (tertiary/aromatic N) is 7. The molecule has 4 unspecified atom stereocenters. The number of benzene rings is 2. The van der Waals surface area contributed by atoms with Crippen LogP contribution in [0.25, 0.3) is 11.0 Å². The number of piperidine rings is 1. The summed E-state index contributed by atoms with van der Waals surface area (Å²) in [5.74, 6) is -1.43. The van der Waals surface area contributed by atoms with E-state index in [1.165, 1.54) is 26.2 Å². The maximum atomic E-state index is 15.7. The van der Waals surface area contributed by atoms with Crippen LogP contribution >= 0.6 is 0 Å². The van der Waals surface area contributed by atoms with Crippen molar-refractivity contribution in [3.8, 4) is 0 Å². The summed E-state index contributed by atoms with van der Waals surface area (Å²) in [6.07, 6.45) is 6.54. The van der Waals surface area contributed by atoms with E-state index in [1.807, 2.05) is 33.5 Å². The molecule has 2 aliphatic heterocycles. The Balaban J connectivity index is 0.927. The number of piperazine rings is 1. The quantitative estimate of drug-likeness (QED) is 0.116. The van der Waals surface area contributed by atoms with Crippen LogP contribution in [0, 0.1) is 5.82 Å². The zero-order chi connectivity index (χ0) is 44.1. The van der Waals surface area contributed by atoms with Gasteiger partial charge in [-0.1, -0.05) is 12.1 Å². The van der Waals surface area contributed by atoms with Crippen molar-refractivity contribution in [2.75, 3.05) is 63.6 Å². The lowest BCUT2D eigenvalue weighted by atomic mass is 10.00. The molecule has 2 aromatic heterocycles. The van der Waals surface area contributed by atoms with Crippen molar-refractivity contribution >= 4 is 58.4 Å². The predicted molar refractivity (Wildman–Crippen MR) is 233 cm³/mol. The Kier molecular flexibility index (Phi) is 14.0. The minimum absolute atomic E-state index is 0.000337. The van der Waals surface area contributed by atoms with E-state index in [-0.39, 0.29) is 47.3 Å². The topological polar surface area (TPSA) is 196 Å². The van der Waals surface area contributed by atoms with Crippen LogP contribution in [0.5, 0.6) is 0 Å². The van der Waals surface area contributed by atoms with Gasteiger partial charge in [-0.25, -0.2) is 9.37 Å². The first-order valence-electron chi connectivity index (χ1n) is 21.1. The van der Waals surface area contributed by atoms with Crippen molar-refractivity contribution in [2.24, 2.45) is 0 Å². The second-order valence-corrected chi connectivity index (χ2v) is 18.1. The van der Waals surface area contributed by atoms with Crippen molar-refractivity contribution in [1.82, 2.24) is 34.0 Å². The Morgan fingerprint density at radius 2 is 1.84 bits per heavy atom. The number of hydrogen-bond acceptors (Lipinski definition) is 13. The number of nitrogens with one attached hydrogen (secondary N) is 2. The van der Waals surface area contributed by atoms with Gasteiger partial charge in [-0.05, 0) is 81.3 Å². The van der Waals surface area contributed by atoms with Crippen molar-refractivity contribution in [1.29, 1.82) is 0 Å². The molecule has 2 amide bonds. The molecule has 16 nitrogen and oxygen atoms in total. The molecule has 2 aromatic carbocycles. The van der Waals surface area contributed by atoms with E-state index in [0.717, 1.165) is 28.3 Å². The molecule has 62 heavy (non-hydrogen) atoms. The lowest BCUT2D eigenvalue weighted by Crippen LogP contribution is -2.47. The molecule has 3 fully saturated rings. The SMILES string of the molecule is CNC(=O)C(CCC=O)N(C)C(=O)c1cc(F)c(N2CCN(Cc3cccc([S+]([O-])N4CCC(Nc5ncc6ccc(=O)n(C7CCCC7(C)O)c6n5)CC4)c3)CC2)cc1C=O. The summed E-state index contributed by atoms with van der Waals surface area (Å²) >= 11 is -1.38. The van der Waals surface area contributed by atoms with Crippen molar-refractivity contribution in [3.63, 3.8) is 0 Å². The van der Waals surface area contributed by atoms with E-state index in [0.29, 0.717) is 101 Å². The largest absolute Gasteiger partial charge is 0.593 e. The number of likely N-dealkylation sites (N-methyl/N-ethyl adjacent to an activating group) is 2. The molecular weight excluding hydrogens is 818 g/mol. The molecule has 3 aliphatic rings. The number of anilines is 2. The Morgan fingerprint density at radius 1 is 1.08 bits per heavy atom. The predicted octanol–water partition coefficient (Wildman–Crippen LogP) is 3.31. The van der Waals surface area contributed by atoms with E-state index in [4.69, 9.17) is 4.98 Å². The number of halogens is 1. The van der Waals surface area contributed by atoms with Gasteiger partial charge in [-0.3, -0.25) is 28.6 Å². The van der Waals surface area contributed by atoms with Gasteiger partial charge in [-0.2, -0.15) is 4.98 Å². The summed E-state index contributed by atoms with van der Waals surface area (Å²) in [5, 5.41) is 17.6. The summed E-state index contributed by atoms with van der Waals surface area (Å²) < 4.78 is 33.0. The Morgan fingerprint density at radius 3 is 2.52 bits per heavy atom. The molecule has 3 N–H and O–H groups in total. The van der Waals surface area contributed by atoms with E-state index < -0.39 is 40.6 Å². The smallest absolute Gasteiger partial charge is 0.255 e. The standard InChI is InChI=1S/C44H54FN9O7S/c1-44(60)15-5-10-38(44)54-39(57)12-11-30-26-47-43(49-40(30)54)48-32-13-16-53(17-14-32)62(61)33-8-4-7-29(23-33)27-51-18-20-52(21-19-51)37-24-31(28-56)34(25-35(37)45)42(59)50(3)36(9-6-22-55)41(58)46-2/h4,7-8,11-12,22-26,28,32,36,38,60H,5-6,9-10,13-21,27H2,1-3H3,(H,46,58)(H,47,48,49). The maximum Gasteiger partial charge on any atom is 0.255 e. The summed E-state index contributed by atoms with van der Waals surface area (Å²) in [7, 11) is 2.80. The Hall–Kier alpha value is -5.27. The number of carbonyl (C=O) groups excluding carboxylic acids is 4. The van der Waals surface area contributed by atoms with Crippen LogP contribution in [0.4, 0.5) is 16.0 Å². The fraction of sp³-hybridized carbons (Fsp3) is 0.477. The van der Waals surface area contributed by atoms with Crippen molar-refractivity contribution in [2.45, 2.75) is 87.0 Å². The molecule has 0 bridgehead atoms. The highest BCUT2D eigenvalue weighted by Gasteiger charge is 2.39. The second kappa shape index (κ2) is 19.4. The van der Waals surface area contributed by atoms with Crippen LogP contribution in [0.15, 0.2) is 64.4 Å². The molecule has 18 heteroatoms. The van der Waals surface area contributed by atoms with Crippen LogP contribution in [0.3, 0.4) is 0 Å². The fourth-order valence-corrected chi connectivity index (χ4v) is 10.2. The third-order valence-corrected chi connectivity index (χ3v) is 14.0. The Bertz CT molecular complexity index is 2350. The van der Waals surface area contributed by atoms with Crippen LogP contribution in [0.2, 0.25) is 0 Å². The van der Waals surface area contributed by atoms with E-state index in [1.54, 1.807) is 23.8 Å². The molecule has 0 radical (unpaired) electrons. The molecule has 4 heterocycles. The highest BCUT2D eigenvalue weighted by atomic mass is 32.2. The van der Waals surface area contributed by atoms with Crippen molar-refractivity contribution in [3.05, 3.63) is 87.6 Å². The lowest BCUT2D eigenvalue weighted by Gasteiger charge is -2.36. The number of amides is 2. The third kappa shape index (κ3) is 9.68.